The lowest BCUT2D eigenvalue weighted by Crippen LogP contribution is -2.57. The van der Waals surface area contributed by atoms with Crippen LogP contribution in [0.4, 0.5) is 5.69 Å². The van der Waals surface area contributed by atoms with E-state index in [9.17, 15) is 23.3 Å². The van der Waals surface area contributed by atoms with E-state index in [1.165, 1.54) is 12.1 Å². The van der Waals surface area contributed by atoms with Crippen molar-refractivity contribution in [3.05, 3.63) is 39.9 Å². The van der Waals surface area contributed by atoms with Gasteiger partial charge in [0, 0.05) is 24.9 Å². The number of piperidine rings is 1. The zero-order valence-corrected chi connectivity index (χ0v) is 15.5. The maximum Gasteiger partial charge on any atom is 0.269 e. The molecule has 8 nitrogen and oxygen atoms in total. The number of hydrogen-bond donors (Lipinski definition) is 2. The number of carbonyl (C=O) groups excluding carboxylic acids is 1. The van der Waals surface area contributed by atoms with E-state index in [-0.39, 0.29) is 37.5 Å². The van der Waals surface area contributed by atoms with E-state index in [0.717, 1.165) is 11.8 Å². The van der Waals surface area contributed by atoms with Gasteiger partial charge in [-0.25, -0.2) is 8.42 Å². The number of benzene rings is 1. The molecule has 2 rings (SSSR count). The highest BCUT2D eigenvalue weighted by molar-refractivity contribution is 7.92. The van der Waals surface area contributed by atoms with Crippen LogP contribution in [0.3, 0.4) is 0 Å². The second-order valence-electron chi connectivity index (χ2n) is 5.95. The molecule has 0 radical (unpaired) electrons. The number of halogens is 1. The molecular weight excluding hydrogens is 370 g/mol. The molecule has 25 heavy (non-hydrogen) atoms. The van der Waals surface area contributed by atoms with Gasteiger partial charge in [0.05, 0.1) is 4.92 Å². The fourth-order valence-corrected chi connectivity index (χ4v) is 4.22. The molecule has 0 atom stereocenters. The van der Waals surface area contributed by atoms with Gasteiger partial charge in [-0.3, -0.25) is 14.9 Å². The summed E-state index contributed by atoms with van der Waals surface area (Å²) >= 11 is 0. The molecule has 1 saturated heterocycles. The summed E-state index contributed by atoms with van der Waals surface area (Å²) in [5.74, 6) is -0.464. The van der Waals surface area contributed by atoms with E-state index in [0.29, 0.717) is 19.5 Å². The van der Waals surface area contributed by atoms with Gasteiger partial charge in [0.15, 0.2) is 14.6 Å². The molecule has 1 aromatic carbocycles. The molecule has 0 unspecified atom stereocenters. The largest absolute Gasteiger partial charge is 0.354 e. The zero-order chi connectivity index (χ0) is 17.8. The van der Waals surface area contributed by atoms with Gasteiger partial charge in [0.2, 0.25) is 5.91 Å². The van der Waals surface area contributed by atoms with Crippen molar-refractivity contribution < 1.29 is 18.1 Å². The Balaban J connectivity index is 0.00000312. The first-order valence-electron chi connectivity index (χ1n) is 7.68. The Kier molecular flexibility index (Phi) is 7.33. The van der Waals surface area contributed by atoms with Gasteiger partial charge >= 0.3 is 0 Å². The molecule has 10 heteroatoms. The number of carbonyl (C=O) groups is 1. The quantitative estimate of drug-likeness (QED) is 0.548. The van der Waals surface area contributed by atoms with Crippen molar-refractivity contribution in [2.24, 2.45) is 0 Å². The van der Waals surface area contributed by atoms with Gasteiger partial charge in [-0.1, -0.05) is 12.1 Å². The molecule has 0 spiro atoms. The van der Waals surface area contributed by atoms with E-state index in [1.54, 1.807) is 12.1 Å². The van der Waals surface area contributed by atoms with Gasteiger partial charge in [-0.05, 0) is 37.9 Å². The van der Waals surface area contributed by atoms with Crippen LogP contribution < -0.4 is 10.6 Å². The molecule has 1 fully saturated rings. The van der Waals surface area contributed by atoms with Crippen LogP contribution >= 0.6 is 12.4 Å². The van der Waals surface area contributed by atoms with E-state index in [4.69, 9.17) is 0 Å². The van der Waals surface area contributed by atoms with Crippen molar-refractivity contribution in [1.82, 2.24) is 10.6 Å². The number of nitrogens with one attached hydrogen (secondary N) is 2. The molecule has 1 aromatic rings. The van der Waals surface area contributed by atoms with E-state index >= 15 is 0 Å². The minimum atomic E-state index is -3.52. The number of nitrogens with zero attached hydrogens (tertiary/aromatic N) is 1. The van der Waals surface area contributed by atoms with Crippen LogP contribution in [0.5, 0.6) is 0 Å². The fraction of sp³-hybridized carbons (Fsp3) is 0.533. The molecular formula is C15H22ClN3O5S. The average molecular weight is 392 g/mol. The second-order valence-corrected chi connectivity index (χ2v) is 8.27. The van der Waals surface area contributed by atoms with Crippen molar-refractivity contribution >= 4 is 33.8 Å². The lowest BCUT2D eigenvalue weighted by molar-refractivity contribution is -0.384. The smallest absolute Gasteiger partial charge is 0.269 e. The Morgan fingerprint density at radius 1 is 1.28 bits per heavy atom. The summed E-state index contributed by atoms with van der Waals surface area (Å²) in [4.78, 5) is 22.6. The molecule has 1 aliphatic heterocycles. The van der Waals surface area contributed by atoms with Crippen LogP contribution in [0.25, 0.3) is 0 Å². The Labute approximate surface area is 152 Å². The summed E-state index contributed by atoms with van der Waals surface area (Å²) in [6.45, 7) is 1.26. The lowest BCUT2D eigenvalue weighted by atomic mass is 9.95. The predicted molar refractivity (Wildman–Crippen MR) is 96.7 cm³/mol. The Bertz CT molecular complexity index is 715. The van der Waals surface area contributed by atoms with Crippen molar-refractivity contribution in [2.45, 2.75) is 24.0 Å². The molecule has 2 N–H and O–H groups in total. The summed E-state index contributed by atoms with van der Waals surface area (Å²) in [6, 6.07) is 6.06. The molecule has 1 aliphatic rings. The van der Waals surface area contributed by atoms with Crippen LogP contribution in [0.1, 0.15) is 18.4 Å². The van der Waals surface area contributed by atoms with Crippen molar-refractivity contribution in [3.8, 4) is 0 Å². The van der Waals surface area contributed by atoms with Crippen LogP contribution in [0, 0.1) is 10.1 Å². The molecule has 0 saturated carbocycles. The Morgan fingerprint density at radius 3 is 2.32 bits per heavy atom. The van der Waals surface area contributed by atoms with E-state index in [2.05, 4.69) is 10.6 Å². The number of rotatable bonds is 6. The standard InChI is InChI=1S/C15H21N3O5S.ClH/c1-24(22,23)15(7-10-16-11-8-15)14(19)17-9-6-12-2-4-13(5-3-12)18(20)21;/h2-5,16H,6-11H2,1H3,(H,17,19);1H. The summed E-state index contributed by atoms with van der Waals surface area (Å²) in [7, 11) is -3.52. The number of non-ortho nitro benzene ring substituents is 1. The first-order valence-corrected chi connectivity index (χ1v) is 9.57. The van der Waals surface area contributed by atoms with Crippen molar-refractivity contribution in [1.29, 1.82) is 0 Å². The number of nitro benzene ring substituents is 1. The highest BCUT2D eigenvalue weighted by atomic mass is 35.5. The molecule has 0 aliphatic carbocycles. The summed E-state index contributed by atoms with van der Waals surface area (Å²) < 4.78 is 22.9. The normalized spacial score (nSPS) is 16.5. The first-order chi connectivity index (χ1) is 11.3. The maximum absolute atomic E-state index is 12.5. The van der Waals surface area contributed by atoms with Crippen LogP contribution in [-0.2, 0) is 21.1 Å². The summed E-state index contributed by atoms with van der Waals surface area (Å²) in [6.07, 6.45) is 2.10. The molecule has 0 bridgehead atoms. The van der Waals surface area contributed by atoms with Crippen molar-refractivity contribution in [2.75, 3.05) is 25.9 Å². The van der Waals surface area contributed by atoms with Crippen LogP contribution in [0.15, 0.2) is 24.3 Å². The number of hydrogen-bond acceptors (Lipinski definition) is 6. The van der Waals surface area contributed by atoms with Gasteiger partial charge in [-0.15, -0.1) is 12.4 Å². The van der Waals surface area contributed by atoms with Crippen molar-refractivity contribution in [3.63, 3.8) is 0 Å². The second kappa shape index (κ2) is 8.59. The average Bonchev–Trinajstić information content (AvgIpc) is 2.55. The monoisotopic (exact) mass is 391 g/mol. The fourth-order valence-electron chi connectivity index (χ4n) is 2.86. The minimum absolute atomic E-state index is 0. The molecule has 140 valence electrons. The third-order valence-corrected chi connectivity index (χ3v) is 6.39. The minimum Gasteiger partial charge on any atom is -0.354 e. The van der Waals surface area contributed by atoms with Gasteiger partial charge < -0.3 is 10.6 Å². The predicted octanol–water partition coefficient (Wildman–Crippen LogP) is 0.842. The highest BCUT2D eigenvalue weighted by Crippen LogP contribution is 2.28. The van der Waals surface area contributed by atoms with Gasteiger partial charge in [0.1, 0.15) is 0 Å². The molecule has 0 aromatic heterocycles. The summed E-state index contributed by atoms with van der Waals surface area (Å²) in [5, 5.41) is 16.4. The highest BCUT2D eigenvalue weighted by Gasteiger charge is 2.48. The van der Waals surface area contributed by atoms with E-state index in [1.807, 2.05) is 0 Å². The summed E-state index contributed by atoms with van der Waals surface area (Å²) in [5.41, 5.74) is 0.841. The van der Waals surface area contributed by atoms with Crippen LogP contribution in [0.2, 0.25) is 0 Å². The van der Waals surface area contributed by atoms with Gasteiger partial charge in [0.25, 0.3) is 5.69 Å². The number of sulfone groups is 1. The van der Waals surface area contributed by atoms with E-state index < -0.39 is 25.4 Å². The Hall–Kier alpha value is -1.71. The molecule has 1 heterocycles. The third-order valence-electron chi connectivity index (χ3n) is 4.38. The Morgan fingerprint density at radius 2 is 1.84 bits per heavy atom. The maximum atomic E-state index is 12.5. The zero-order valence-electron chi connectivity index (χ0n) is 13.9. The third kappa shape index (κ3) is 4.90. The molecule has 1 amide bonds. The van der Waals surface area contributed by atoms with Crippen LogP contribution in [-0.4, -0.2) is 49.9 Å². The SMILES string of the molecule is CS(=O)(=O)C1(C(=O)NCCc2ccc([N+](=O)[O-])cc2)CCNCC1.Cl. The lowest BCUT2D eigenvalue weighted by Gasteiger charge is -2.34. The first kappa shape index (κ1) is 21.3. The topological polar surface area (TPSA) is 118 Å². The van der Waals surface area contributed by atoms with Gasteiger partial charge in [-0.2, -0.15) is 0 Å². The number of amides is 1. The number of nitro groups is 1.